The fourth-order valence-corrected chi connectivity index (χ4v) is 2.88. The summed E-state index contributed by atoms with van der Waals surface area (Å²) >= 11 is 6.84. The van der Waals surface area contributed by atoms with Crippen molar-refractivity contribution in [3.8, 4) is 11.3 Å². The van der Waals surface area contributed by atoms with Gasteiger partial charge in [0.15, 0.2) is 0 Å². The standard InChI is InChI=1S/C17H14ClN3O3S/c1-2-15-19-17(21-20-15)25-14(16(22)23)9-12-7-8-13(24-12)10-3-5-11(18)6-4-10/h3-9H,2H2,1H3,(H,22,23)(H,19,20,21)/b14-9-. The Labute approximate surface area is 152 Å². The van der Waals surface area contributed by atoms with E-state index in [4.69, 9.17) is 16.0 Å². The highest BCUT2D eigenvalue weighted by atomic mass is 35.5. The average Bonchev–Trinajstić information content (AvgIpc) is 3.24. The zero-order valence-electron chi connectivity index (χ0n) is 13.2. The molecule has 3 aromatic rings. The van der Waals surface area contributed by atoms with Gasteiger partial charge >= 0.3 is 5.97 Å². The summed E-state index contributed by atoms with van der Waals surface area (Å²) in [4.78, 5) is 15.8. The highest BCUT2D eigenvalue weighted by Gasteiger charge is 2.14. The molecule has 0 aliphatic heterocycles. The van der Waals surface area contributed by atoms with Crippen molar-refractivity contribution in [3.63, 3.8) is 0 Å². The molecule has 0 bridgehead atoms. The van der Waals surface area contributed by atoms with Crippen LogP contribution in [0.5, 0.6) is 0 Å². The molecule has 8 heteroatoms. The number of nitrogens with one attached hydrogen (secondary N) is 1. The maximum absolute atomic E-state index is 11.5. The lowest BCUT2D eigenvalue weighted by Gasteiger charge is -1.98. The summed E-state index contributed by atoms with van der Waals surface area (Å²) < 4.78 is 5.71. The molecule has 0 spiro atoms. The molecule has 0 saturated carbocycles. The van der Waals surface area contributed by atoms with Crippen molar-refractivity contribution in [2.24, 2.45) is 0 Å². The van der Waals surface area contributed by atoms with Gasteiger partial charge in [0, 0.05) is 23.1 Å². The van der Waals surface area contributed by atoms with Gasteiger partial charge in [-0.05, 0) is 48.2 Å². The van der Waals surface area contributed by atoms with Gasteiger partial charge in [-0.3, -0.25) is 5.10 Å². The van der Waals surface area contributed by atoms with Gasteiger partial charge in [0.2, 0.25) is 5.16 Å². The molecule has 2 aromatic heterocycles. The first-order chi connectivity index (χ1) is 12.0. The maximum atomic E-state index is 11.5. The Morgan fingerprint density at radius 1 is 1.32 bits per heavy atom. The lowest BCUT2D eigenvalue weighted by atomic mass is 10.2. The van der Waals surface area contributed by atoms with E-state index in [0.29, 0.717) is 33.9 Å². The van der Waals surface area contributed by atoms with Crippen molar-refractivity contribution >= 4 is 35.4 Å². The first-order valence-corrected chi connectivity index (χ1v) is 8.64. The van der Waals surface area contributed by atoms with Crippen molar-refractivity contribution < 1.29 is 14.3 Å². The van der Waals surface area contributed by atoms with Gasteiger partial charge < -0.3 is 9.52 Å². The summed E-state index contributed by atoms with van der Waals surface area (Å²) in [6.45, 7) is 1.93. The summed E-state index contributed by atoms with van der Waals surface area (Å²) in [6.07, 6.45) is 2.15. The molecule has 0 aliphatic rings. The number of benzene rings is 1. The number of thioether (sulfide) groups is 1. The first kappa shape index (κ1) is 17.3. The van der Waals surface area contributed by atoms with Crippen LogP contribution in [0.15, 0.2) is 50.9 Å². The molecule has 2 N–H and O–H groups in total. The third-order valence-electron chi connectivity index (χ3n) is 3.29. The number of nitrogens with zero attached hydrogens (tertiary/aromatic N) is 2. The van der Waals surface area contributed by atoms with E-state index >= 15 is 0 Å². The van der Waals surface area contributed by atoms with Crippen molar-refractivity contribution in [2.45, 2.75) is 18.5 Å². The first-order valence-electron chi connectivity index (χ1n) is 7.45. The molecule has 0 fully saturated rings. The zero-order chi connectivity index (χ0) is 17.8. The predicted molar refractivity (Wildman–Crippen MR) is 96.4 cm³/mol. The molecule has 2 heterocycles. The van der Waals surface area contributed by atoms with Gasteiger partial charge in [0.05, 0.1) is 0 Å². The number of aliphatic carboxylic acids is 1. The van der Waals surface area contributed by atoms with Gasteiger partial charge in [0.25, 0.3) is 0 Å². The van der Waals surface area contributed by atoms with Crippen LogP contribution in [-0.2, 0) is 11.2 Å². The SMILES string of the molecule is CCc1nc(S/C(=C\c2ccc(-c3ccc(Cl)cc3)o2)C(=O)O)n[nH]1. The number of furan rings is 1. The zero-order valence-corrected chi connectivity index (χ0v) is 14.8. The van der Waals surface area contributed by atoms with Crippen LogP contribution < -0.4 is 0 Å². The number of halogens is 1. The molecule has 0 amide bonds. The molecule has 0 saturated heterocycles. The Hall–Kier alpha value is -2.51. The number of carboxylic acid groups (broad SMARTS) is 1. The summed E-state index contributed by atoms with van der Waals surface area (Å²) in [5, 5.41) is 17.1. The van der Waals surface area contributed by atoms with E-state index in [9.17, 15) is 9.90 Å². The smallest absolute Gasteiger partial charge is 0.342 e. The third-order valence-corrected chi connectivity index (χ3v) is 4.42. The van der Waals surface area contributed by atoms with Gasteiger partial charge in [-0.2, -0.15) is 0 Å². The Balaban J connectivity index is 1.83. The molecule has 0 atom stereocenters. The molecule has 0 unspecified atom stereocenters. The number of rotatable bonds is 6. The van der Waals surface area contributed by atoms with Gasteiger partial charge in [-0.1, -0.05) is 18.5 Å². The summed E-state index contributed by atoms with van der Waals surface area (Å²) in [5.74, 6) is 0.692. The van der Waals surface area contributed by atoms with E-state index in [-0.39, 0.29) is 4.91 Å². The van der Waals surface area contributed by atoms with Crippen LogP contribution in [0.3, 0.4) is 0 Å². The van der Waals surface area contributed by atoms with Crippen LogP contribution in [0.2, 0.25) is 5.02 Å². The summed E-state index contributed by atoms with van der Waals surface area (Å²) in [5.41, 5.74) is 0.857. The van der Waals surface area contributed by atoms with Gasteiger partial charge in [0.1, 0.15) is 22.3 Å². The minimum absolute atomic E-state index is 0.0682. The fourth-order valence-electron chi connectivity index (χ4n) is 2.04. The molecular weight excluding hydrogens is 362 g/mol. The Kier molecular flexibility index (Phi) is 5.25. The predicted octanol–water partition coefficient (Wildman–Crippen LogP) is 4.50. The number of aromatic nitrogens is 3. The fraction of sp³-hybridized carbons (Fsp3) is 0.118. The molecule has 1 aromatic carbocycles. The van der Waals surface area contributed by atoms with E-state index in [1.165, 1.54) is 6.08 Å². The highest BCUT2D eigenvalue weighted by molar-refractivity contribution is 8.04. The van der Waals surface area contributed by atoms with Gasteiger partial charge in [-0.25, -0.2) is 9.78 Å². The molecule has 25 heavy (non-hydrogen) atoms. The minimum Gasteiger partial charge on any atom is -0.477 e. The van der Waals surface area contributed by atoms with Crippen molar-refractivity contribution in [2.75, 3.05) is 0 Å². The highest BCUT2D eigenvalue weighted by Crippen LogP contribution is 2.29. The molecule has 0 aliphatic carbocycles. The quantitative estimate of drug-likeness (QED) is 0.487. The Morgan fingerprint density at radius 2 is 2.08 bits per heavy atom. The monoisotopic (exact) mass is 375 g/mol. The topological polar surface area (TPSA) is 92.0 Å². The molecule has 0 radical (unpaired) electrons. The lowest BCUT2D eigenvalue weighted by Crippen LogP contribution is -1.97. The number of carboxylic acids is 1. The van der Waals surface area contributed by atoms with E-state index in [1.54, 1.807) is 24.3 Å². The van der Waals surface area contributed by atoms with E-state index in [0.717, 1.165) is 17.3 Å². The van der Waals surface area contributed by atoms with Crippen LogP contribution in [0.4, 0.5) is 0 Å². The van der Waals surface area contributed by atoms with E-state index < -0.39 is 5.97 Å². The Morgan fingerprint density at radius 3 is 2.72 bits per heavy atom. The maximum Gasteiger partial charge on any atom is 0.342 e. The molecular formula is C17H14ClN3O3S. The van der Waals surface area contributed by atoms with Crippen LogP contribution in [0.1, 0.15) is 18.5 Å². The number of H-pyrrole nitrogens is 1. The second-order valence-electron chi connectivity index (χ2n) is 5.04. The average molecular weight is 376 g/mol. The van der Waals surface area contributed by atoms with Crippen molar-refractivity contribution in [1.82, 2.24) is 15.2 Å². The minimum atomic E-state index is -1.07. The largest absolute Gasteiger partial charge is 0.477 e. The summed E-state index contributed by atoms with van der Waals surface area (Å²) in [7, 11) is 0. The number of aryl methyl sites for hydroxylation is 1. The lowest BCUT2D eigenvalue weighted by molar-refractivity contribution is -0.131. The normalized spacial score (nSPS) is 11.7. The van der Waals surface area contributed by atoms with Crippen molar-refractivity contribution in [1.29, 1.82) is 0 Å². The Bertz CT molecular complexity index is 915. The van der Waals surface area contributed by atoms with Crippen LogP contribution in [-0.4, -0.2) is 26.3 Å². The van der Waals surface area contributed by atoms with Gasteiger partial charge in [-0.15, -0.1) is 5.10 Å². The van der Waals surface area contributed by atoms with E-state index in [1.807, 2.05) is 19.1 Å². The molecule has 6 nitrogen and oxygen atoms in total. The number of carbonyl (C=O) groups is 1. The second kappa shape index (κ2) is 7.58. The van der Waals surface area contributed by atoms with E-state index in [2.05, 4.69) is 15.2 Å². The third kappa shape index (κ3) is 4.32. The van der Waals surface area contributed by atoms with Crippen LogP contribution in [0, 0.1) is 0 Å². The number of aromatic amines is 1. The summed E-state index contributed by atoms with van der Waals surface area (Å²) in [6, 6.07) is 10.7. The van der Waals surface area contributed by atoms with Crippen molar-refractivity contribution in [3.05, 3.63) is 57.9 Å². The molecule has 128 valence electrons. The molecule has 3 rings (SSSR count). The van der Waals surface area contributed by atoms with Crippen LogP contribution in [0.25, 0.3) is 17.4 Å². The number of hydrogen-bond donors (Lipinski definition) is 2. The van der Waals surface area contributed by atoms with Crippen LogP contribution >= 0.6 is 23.4 Å². The number of hydrogen-bond acceptors (Lipinski definition) is 5. The second-order valence-corrected chi connectivity index (χ2v) is 6.49.